The highest BCUT2D eigenvalue weighted by Gasteiger charge is 2.20. The van der Waals surface area contributed by atoms with E-state index >= 15 is 0 Å². The lowest BCUT2D eigenvalue weighted by Gasteiger charge is -2.30. The molecule has 0 bridgehead atoms. The van der Waals surface area contributed by atoms with Crippen LogP contribution < -0.4 is 4.74 Å². The summed E-state index contributed by atoms with van der Waals surface area (Å²) in [5, 5.41) is 9.13. The van der Waals surface area contributed by atoms with E-state index < -0.39 is 0 Å². The Balaban J connectivity index is 2.49. The first kappa shape index (κ1) is 17.5. The zero-order valence-electron chi connectivity index (χ0n) is 13.3. The first-order chi connectivity index (χ1) is 10.1. The number of ether oxygens (including phenoxy) is 1. The number of nitrogens with zero attached hydrogens (tertiary/aromatic N) is 1. The van der Waals surface area contributed by atoms with Gasteiger partial charge in [0.25, 0.3) is 0 Å². The predicted octanol–water partition coefficient (Wildman–Crippen LogP) is 2.77. The van der Waals surface area contributed by atoms with Gasteiger partial charge >= 0.3 is 0 Å². The Morgan fingerprint density at radius 1 is 1.33 bits per heavy atom. The molecule has 0 aliphatic carbocycles. The van der Waals surface area contributed by atoms with Gasteiger partial charge in [-0.15, -0.1) is 0 Å². The molecular formula is C17H27NO3. The molecule has 1 rings (SSSR count). The number of aliphatic hydroxyl groups excluding tert-OH is 1. The third kappa shape index (κ3) is 5.76. The lowest BCUT2D eigenvalue weighted by Crippen LogP contribution is -2.42. The van der Waals surface area contributed by atoms with Crippen molar-refractivity contribution in [3.8, 4) is 5.75 Å². The van der Waals surface area contributed by atoms with E-state index in [4.69, 9.17) is 9.84 Å². The Labute approximate surface area is 127 Å². The summed E-state index contributed by atoms with van der Waals surface area (Å²) in [6, 6.07) is 7.99. The summed E-state index contributed by atoms with van der Waals surface area (Å²) in [6.07, 6.45) is 2.15. The molecule has 1 N–H and O–H groups in total. The van der Waals surface area contributed by atoms with E-state index in [0.29, 0.717) is 19.6 Å². The van der Waals surface area contributed by atoms with Crippen LogP contribution in [0.25, 0.3) is 0 Å². The summed E-state index contributed by atoms with van der Waals surface area (Å²) < 4.78 is 5.62. The molecule has 0 spiro atoms. The molecule has 0 saturated carbocycles. The summed E-state index contributed by atoms with van der Waals surface area (Å²) in [6.45, 7) is 6.90. The molecule has 0 aliphatic rings. The average molecular weight is 293 g/mol. The summed E-state index contributed by atoms with van der Waals surface area (Å²) >= 11 is 0. The van der Waals surface area contributed by atoms with Crippen molar-refractivity contribution in [2.24, 2.45) is 0 Å². The minimum atomic E-state index is 0.000969. The van der Waals surface area contributed by atoms with Crippen LogP contribution in [-0.2, 0) is 4.79 Å². The van der Waals surface area contributed by atoms with E-state index in [-0.39, 0.29) is 18.6 Å². The molecule has 0 aromatic heterocycles. The predicted molar refractivity (Wildman–Crippen MR) is 84.5 cm³/mol. The van der Waals surface area contributed by atoms with E-state index in [9.17, 15) is 4.79 Å². The molecule has 0 atom stereocenters. The lowest BCUT2D eigenvalue weighted by molar-refractivity contribution is -0.134. The first-order valence-corrected chi connectivity index (χ1v) is 7.72. The van der Waals surface area contributed by atoms with Gasteiger partial charge in [-0.3, -0.25) is 4.79 Å². The molecule has 0 unspecified atom stereocenters. The maximum absolute atomic E-state index is 12.3. The fraction of sp³-hybridized carbons (Fsp3) is 0.588. The van der Waals surface area contributed by atoms with Crippen LogP contribution in [0.5, 0.6) is 5.75 Å². The Morgan fingerprint density at radius 2 is 2.05 bits per heavy atom. The van der Waals surface area contributed by atoms with Gasteiger partial charge in [0, 0.05) is 12.6 Å². The minimum absolute atomic E-state index is 0.000969. The van der Waals surface area contributed by atoms with Crippen molar-refractivity contribution in [1.82, 2.24) is 4.90 Å². The quantitative estimate of drug-likeness (QED) is 0.761. The van der Waals surface area contributed by atoms with Crippen molar-refractivity contribution in [3.63, 3.8) is 0 Å². The first-order valence-electron chi connectivity index (χ1n) is 7.72. The van der Waals surface area contributed by atoms with Gasteiger partial charge in [0.2, 0.25) is 5.91 Å². The SMILES string of the molecule is CCC(CC)N(CCO)C(=O)CCOc1cccc(C)c1. The normalized spacial score (nSPS) is 10.7. The van der Waals surface area contributed by atoms with Crippen LogP contribution in [0.3, 0.4) is 0 Å². The Hall–Kier alpha value is -1.55. The molecule has 4 heteroatoms. The monoisotopic (exact) mass is 293 g/mol. The van der Waals surface area contributed by atoms with E-state index in [2.05, 4.69) is 13.8 Å². The van der Waals surface area contributed by atoms with E-state index in [1.54, 1.807) is 4.90 Å². The average Bonchev–Trinajstić information content (AvgIpc) is 2.47. The number of aryl methyl sites for hydroxylation is 1. The summed E-state index contributed by atoms with van der Waals surface area (Å²) in [4.78, 5) is 14.1. The topological polar surface area (TPSA) is 49.8 Å². The molecule has 1 amide bonds. The molecule has 1 aromatic carbocycles. The van der Waals surface area contributed by atoms with Gasteiger partial charge in [0.1, 0.15) is 5.75 Å². The second-order valence-electron chi connectivity index (χ2n) is 5.20. The number of carbonyl (C=O) groups is 1. The third-order valence-electron chi connectivity index (χ3n) is 3.62. The number of rotatable bonds is 9. The van der Waals surface area contributed by atoms with Gasteiger partial charge in [-0.05, 0) is 37.5 Å². The van der Waals surface area contributed by atoms with Crippen LogP contribution in [-0.4, -0.2) is 41.7 Å². The summed E-state index contributed by atoms with van der Waals surface area (Å²) in [7, 11) is 0. The zero-order valence-corrected chi connectivity index (χ0v) is 13.3. The molecule has 4 nitrogen and oxygen atoms in total. The minimum Gasteiger partial charge on any atom is -0.493 e. The number of hydrogen-bond donors (Lipinski definition) is 1. The highest BCUT2D eigenvalue weighted by Crippen LogP contribution is 2.14. The maximum atomic E-state index is 12.3. The fourth-order valence-electron chi connectivity index (χ4n) is 2.45. The number of benzene rings is 1. The van der Waals surface area contributed by atoms with Gasteiger partial charge in [-0.1, -0.05) is 26.0 Å². The van der Waals surface area contributed by atoms with Crippen molar-refractivity contribution >= 4 is 5.91 Å². The summed E-state index contributed by atoms with van der Waals surface area (Å²) in [5.41, 5.74) is 1.14. The second-order valence-corrected chi connectivity index (χ2v) is 5.20. The van der Waals surface area contributed by atoms with Crippen LogP contribution in [0.4, 0.5) is 0 Å². The number of hydrogen-bond acceptors (Lipinski definition) is 3. The fourth-order valence-corrected chi connectivity index (χ4v) is 2.45. The van der Waals surface area contributed by atoms with Crippen LogP contribution in [0, 0.1) is 6.92 Å². The molecule has 0 radical (unpaired) electrons. The van der Waals surface area contributed by atoms with Crippen molar-refractivity contribution in [1.29, 1.82) is 0 Å². The highest BCUT2D eigenvalue weighted by atomic mass is 16.5. The van der Waals surface area contributed by atoms with Crippen LogP contribution in [0.15, 0.2) is 24.3 Å². The summed E-state index contributed by atoms with van der Waals surface area (Å²) in [5.74, 6) is 0.837. The number of aliphatic hydroxyl groups is 1. The van der Waals surface area contributed by atoms with Gasteiger partial charge in [-0.2, -0.15) is 0 Å². The van der Waals surface area contributed by atoms with Crippen molar-refractivity contribution < 1.29 is 14.6 Å². The smallest absolute Gasteiger partial charge is 0.226 e. The van der Waals surface area contributed by atoms with Crippen molar-refractivity contribution in [2.75, 3.05) is 19.8 Å². The van der Waals surface area contributed by atoms with Gasteiger partial charge < -0.3 is 14.7 Å². The molecule has 118 valence electrons. The number of carbonyl (C=O) groups excluding carboxylic acids is 1. The van der Waals surface area contributed by atoms with Crippen LogP contribution in [0.2, 0.25) is 0 Å². The van der Waals surface area contributed by atoms with Gasteiger partial charge in [0.05, 0.1) is 19.6 Å². The second kappa shape index (κ2) is 9.40. The Kier molecular flexibility index (Phi) is 7.83. The van der Waals surface area contributed by atoms with Crippen molar-refractivity contribution in [3.05, 3.63) is 29.8 Å². The number of amides is 1. The lowest BCUT2D eigenvalue weighted by atomic mass is 10.1. The highest BCUT2D eigenvalue weighted by molar-refractivity contribution is 5.76. The maximum Gasteiger partial charge on any atom is 0.226 e. The largest absolute Gasteiger partial charge is 0.493 e. The van der Waals surface area contributed by atoms with Crippen LogP contribution >= 0.6 is 0 Å². The third-order valence-corrected chi connectivity index (χ3v) is 3.62. The Bertz CT molecular complexity index is 430. The molecule has 0 heterocycles. The molecule has 21 heavy (non-hydrogen) atoms. The molecule has 0 aliphatic heterocycles. The van der Waals surface area contributed by atoms with E-state index in [0.717, 1.165) is 24.2 Å². The standard InChI is InChI=1S/C17H27NO3/c1-4-15(5-2)18(10-11-19)17(20)9-12-21-16-8-6-7-14(3)13-16/h6-8,13,15,19H,4-5,9-12H2,1-3H3. The molecule has 1 aromatic rings. The molecular weight excluding hydrogens is 266 g/mol. The van der Waals surface area contributed by atoms with Crippen molar-refractivity contribution in [2.45, 2.75) is 46.1 Å². The van der Waals surface area contributed by atoms with E-state index in [1.165, 1.54) is 0 Å². The Morgan fingerprint density at radius 3 is 2.62 bits per heavy atom. The molecule has 0 fully saturated rings. The van der Waals surface area contributed by atoms with Gasteiger partial charge in [-0.25, -0.2) is 0 Å². The zero-order chi connectivity index (χ0) is 15.7. The van der Waals surface area contributed by atoms with Crippen LogP contribution in [0.1, 0.15) is 38.7 Å². The molecule has 0 saturated heterocycles. The van der Waals surface area contributed by atoms with E-state index in [1.807, 2.05) is 31.2 Å². The van der Waals surface area contributed by atoms with Gasteiger partial charge in [0.15, 0.2) is 0 Å².